The third-order valence-electron chi connectivity index (χ3n) is 5.21. The molecule has 3 aromatic rings. The molecule has 1 aliphatic heterocycles. The highest BCUT2D eigenvalue weighted by atomic mass is 16.1. The van der Waals surface area contributed by atoms with Gasteiger partial charge < -0.3 is 10.7 Å². The van der Waals surface area contributed by atoms with E-state index >= 15 is 0 Å². The van der Waals surface area contributed by atoms with Crippen molar-refractivity contribution in [2.75, 3.05) is 13.1 Å². The minimum Gasteiger partial charge on any atom is -0.348 e. The van der Waals surface area contributed by atoms with Crippen molar-refractivity contribution in [2.24, 2.45) is 0 Å². The van der Waals surface area contributed by atoms with E-state index in [9.17, 15) is 4.79 Å². The SMILES string of the molecule is N=Cc1ccc(C(=O)NC2CCN(Cc3ccccc3)C2)c2ccccc12. The fourth-order valence-corrected chi connectivity index (χ4v) is 3.85. The van der Waals surface area contributed by atoms with Crippen molar-refractivity contribution in [3.63, 3.8) is 0 Å². The molecule has 0 aliphatic carbocycles. The highest BCUT2D eigenvalue weighted by Crippen LogP contribution is 2.22. The van der Waals surface area contributed by atoms with Crippen LogP contribution in [0.5, 0.6) is 0 Å². The van der Waals surface area contributed by atoms with Crippen LogP contribution in [-0.2, 0) is 6.54 Å². The van der Waals surface area contributed by atoms with Crippen LogP contribution < -0.4 is 5.32 Å². The summed E-state index contributed by atoms with van der Waals surface area (Å²) in [6.07, 6.45) is 2.30. The number of carbonyl (C=O) groups excluding carboxylic acids is 1. The quantitative estimate of drug-likeness (QED) is 0.682. The minimum absolute atomic E-state index is 0.0331. The number of hydrogen-bond acceptors (Lipinski definition) is 3. The second-order valence-corrected chi connectivity index (χ2v) is 7.07. The van der Waals surface area contributed by atoms with Gasteiger partial charge in [0.05, 0.1) is 0 Å². The summed E-state index contributed by atoms with van der Waals surface area (Å²) in [7, 11) is 0. The van der Waals surface area contributed by atoms with Crippen LogP contribution in [0.3, 0.4) is 0 Å². The van der Waals surface area contributed by atoms with Crippen LogP contribution in [0.1, 0.15) is 27.9 Å². The maximum absolute atomic E-state index is 12.9. The highest BCUT2D eigenvalue weighted by molar-refractivity contribution is 6.11. The molecular weight excluding hydrogens is 334 g/mol. The molecule has 1 amide bonds. The summed E-state index contributed by atoms with van der Waals surface area (Å²) in [5.41, 5.74) is 2.81. The van der Waals surface area contributed by atoms with Crippen molar-refractivity contribution in [3.05, 3.63) is 83.4 Å². The first-order valence-electron chi connectivity index (χ1n) is 9.34. The third-order valence-corrected chi connectivity index (χ3v) is 5.21. The van der Waals surface area contributed by atoms with Gasteiger partial charge in [0, 0.05) is 37.5 Å². The van der Waals surface area contributed by atoms with E-state index in [1.165, 1.54) is 11.8 Å². The topological polar surface area (TPSA) is 56.2 Å². The maximum Gasteiger partial charge on any atom is 0.252 e. The molecule has 4 nitrogen and oxygen atoms in total. The first-order chi connectivity index (χ1) is 13.2. The van der Waals surface area contributed by atoms with Gasteiger partial charge >= 0.3 is 0 Å². The van der Waals surface area contributed by atoms with Crippen molar-refractivity contribution >= 4 is 22.9 Å². The summed E-state index contributed by atoms with van der Waals surface area (Å²) in [6, 6.07) is 22.1. The Kier molecular flexibility index (Phi) is 4.99. The largest absolute Gasteiger partial charge is 0.348 e. The van der Waals surface area contributed by atoms with Gasteiger partial charge in [-0.2, -0.15) is 0 Å². The highest BCUT2D eigenvalue weighted by Gasteiger charge is 2.24. The number of rotatable bonds is 5. The molecule has 4 rings (SSSR count). The van der Waals surface area contributed by atoms with E-state index in [1.807, 2.05) is 42.5 Å². The number of likely N-dealkylation sites (tertiary alicyclic amines) is 1. The Balaban J connectivity index is 1.46. The lowest BCUT2D eigenvalue weighted by atomic mass is 9.99. The van der Waals surface area contributed by atoms with Gasteiger partial charge in [-0.15, -0.1) is 0 Å². The number of nitrogens with zero attached hydrogens (tertiary/aromatic N) is 1. The van der Waals surface area contributed by atoms with Gasteiger partial charge in [0.1, 0.15) is 0 Å². The summed E-state index contributed by atoms with van der Waals surface area (Å²) >= 11 is 0. The van der Waals surface area contributed by atoms with Crippen LogP contribution in [-0.4, -0.2) is 36.2 Å². The van der Waals surface area contributed by atoms with Crippen molar-refractivity contribution < 1.29 is 4.79 Å². The average Bonchev–Trinajstić information content (AvgIpc) is 3.14. The molecule has 1 fully saturated rings. The summed E-state index contributed by atoms with van der Waals surface area (Å²) < 4.78 is 0. The smallest absolute Gasteiger partial charge is 0.252 e. The number of fused-ring (bicyclic) bond motifs is 1. The van der Waals surface area contributed by atoms with E-state index in [0.717, 1.165) is 42.4 Å². The minimum atomic E-state index is -0.0331. The van der Waals surface area contributed by atoms with Crippen LogP contribution in [0.4, 0.5) is 0 Å². The number of hydrogen-bond donors (Lipinski definition) is 2. The van der Waals surface area contributed by atoms with Crippen LogP contribution >= 0.6 is 0 Å². The number of amides is 1. The molecule has 0 saturated carbocycles. The fraction of sp³-hybridized carbons (Fsp3) is 0.217. The van der Waals surface area contributed by atoms with Crippen LogP contribution in [0, 0.1) is 5.41 Å². The number of carbonyl (C=O) groups is 1. The molecule has 27 heavy (non-hydrogen) atoms. The molecule has 136 valence electrons. The van der Waals surface area contributed by atoms with Gasteiger partial charge in [0.25, 0.3) is 5.91 Å². The maximum atomic E-state index is 12.9. The molecule has 1 unspecified atom stereocenters. The van der Waals surface area contributed by atoms with E-state index in [2.05, 4.69) is 34.5 Å². The van der Waals surface area contributed by atoms with Crippen LogP contribution in [0.2, 0.25) is 0 Å². The van der Waals surface area contributed by atoms with Gasteiger partial charge in [-0.05, 0) is 34.4 Å². The van der Waals surface area contributed by atoms with Gasteiger partial charge in [-0.3, -0.25) is 9.69 Å². The molecule has 0 radical (unpaired) electrons. The van der Waals surface area contributed by atoms with E-state index in [4.69, 9.17) is 5.41 Å². The summed E-state index contributed by atoms with van der Waals surface area (Å²) in [6.45, 7) is 2.79. The van der Waals surface area contributed by atoms with Crippen molar-refractivity contribution in [1.29, 1.82) is 5.41 Å². The molecule has 4 heteroatoms. The molecule has 0 spiro atoms. The number of benzene rings is 3. The van der Waals surface area contributed by atoms with Crippen LogP contribution in [0.15, 0.2) is 66.7 Å². The van der Waals surface area contributed by atoms with Crippen molar-refractivity contribution in [2.45, 2.75) is 19.0 Å². The zero-order valence-electron chi connectivity index (χ0n) is 15.2. The Morgan fingerprint density at radius 1 is 1.04 bits per heavy atom. The predicted molar refractivity (Wildman–Crippen MR) is 109 cm³/mol. The molecule has 1 saturated heterocycles. The van der Waals surface area contributed by atoms with Crippen LogP contribution in [0.25, 0.3) is 10.8 Å². The Bertz CT molecular complexity index is 968. The predicted octanol–water partition coefficient (Wildman–Crippen LogP) is 3.84. The zero-order chi connectivity index (χ0) is 18.6. The third kappa shape index (κ3) is 3.76. The van der Waals surface area contributed by atoms with Gasteiger partial charge in [0.15, 0.2) is 0 Å². The normalized spacial score (nSPS) is 17.1. The van der Waals surface area contributed by atoms with E-state index in [1.54, 1.807) is 0 Å². The standard InChI is InChI=1S/C23H23N3O/c24-14-18-10-11-22(21-9-5-4-8-20(18)21)23(27)25-19-12-13-26(16-19)15-17-6-2-1-3-7-17/h1-11,14,19,24H,12-13,15-16H2,(H,25,27). The first kappa shape index (κ1) is 17.4. The Labute approximate surface area is 159 Å². The molecule has 0 aromatic heterocycles. The fourth-order valence-electron chi connectivity index (χ4n) is 3.85. The Morgan fingerprint density at radius 2 is 1.78 bits per heavy atom. The molecule has 1 heterocycles. The van der Waals surface area contributed by atoms with Gasteiger partial charge in [0.2, 0.25) is 0 Å². The molecule has 3 aromatic carbocycles. The molecule has 2 N–H and O–H groups in total. The number of nitrogens with one attached hydrogen (secondary N) is 2. The monoisotopic (exact) mass is 357 g/mol. The van der Waals surface area contributed by atoms with E-state index < -0.39 is 0 Å². The molecule has 1 atom stereocenters. The van der Waals surface area contributed by atoms with Gasteiger partial charge in [-0.25, -0.2) is 0 Å². The Hall–Kier alpha value is -2.98. The second-order valence-electron chi connectivity index (χ2n) is 7.07. The zero-order valence-corrected chi connectivity index (χ0v) is 15.2. The summed E-state index contributed by atoms with van der Waals surface area (Å²) in [4.78, 5) is 15.3. The van der Waals surface area contributed by atoms with Gasteiger partial charge in [-0.1, -0.05) is 60.7 Å². The van der Waals surface area contributed by atoms with E-state index in [0.29, 0.717) is 5.56 Å². The summed E-state index contributed by atoms with van der Waals surface area (Å²) in [5, 5.41) is 12.6. The first-order valence-corrected chi connectivity index (χ1v) is 9.34. The lowest BCUT2D eigenvalue weighted by Crippen LogP contribution is -2.37. The van der Waals surface area contributed by atoms with Crippen molar-refractivity contribution in [1.82, 2.24) is 10.2 Å². The summed E-state index contributed by atoms with van der Waals surface area (Å²) in [5.74, 6) is -0.0331. The lowest BCUT2D eigenvalue weighted by Gasteiger charge is -2.17. The average molecular weight is 357 g/mol. The molecule has 1 aliphatic rings. The van der Waals surface area contributed by atoms with Crippen molar-refractivity contribution in [3.8, 4) is 0 Å². The Morgan fingerprint density at radius 3 is 2.56 bits per heavy atom. The lowest BCUT2D eigenvalue weighted by molar-refractivity contribution is 0.0939. The second kappa shape index (κ2) is 7.72. The molecule has 0 bridgehead atoms. The van der Waals surface area contributed by atoms with E-state index in [-0.39, 0.29) is 11.9 Å². The molecular formula is C23H23N3O.